The van der Waals surface area contributed by atoms with Crippen LogP contribution in [0.2, 0.25) is 0 Å². The molecule has 0 aliphatic rings. The molecular formula is C10H21F6N5O6OsS3. The summed E-state index contributed by atoms with van der Waals surface area (Å²) in [5, 5.41) is 3.47. The molecule has 21 heteroatoms. The summed E-state index contributed by atoms with van der Waals surface area (Å²) < 4.78 is 119. The first-order chi connectivity index (χ1) is 11.0. The van der Waals surface area contributed by atoms with Crippen LogP contribution in [0.15, 0.2) is 35.7 Å². The monoisotopic (exact) mass is 709 g/mol. The summed E-state index contributed by atoms with van der Waals surface area (Å²) in [5.74, 6) is 0. The van der Waals surface area contributed by atoms with Crippen LogP contribution < -0.4 is 30.8 Å². The van der Waals surface area contributed by atoms with Crippen LogP contribution in [0.3, 0.4) is 0 Å². The van der Waals surface area contributed by atoms with Crippen molar-refractivity contribution in [3.05, 3.63) is 35.7 Å². The van der Waals surface area contributed by atoms with Gasteiger partial charge in [-0.2, -0.15) is 26.3 Å². The average molecular weight is 708 g/mol. The third-order valence-corrected chi connectivity index (χ3v) is 3.96. The Bertz CT molecular complexity index is 835. The summed E-state index contributed by atoms with van der Waals surface area (Å²) in [6.45, 7) is 0. The minimum absolute atomic E-state index is 0. The number of rotatable bonds is 0. The molecule has 0 radical (unpaired) electrons. The average Bonchev–Trinajstić information content (AvgIpc) is 2.83. The molecule has 2 aromatic rings. The fourth-order valence-electron chi connectivity index (χ4n) is 0.906. The van der Waals surface area contributed by atoms with E-state index in [0.717, 1.165) is 0 Å². The van der Waals surface area contributed by atoms with Gasteiger partial charge in [-0.3, -0.25) is 0 Å². The minimum atomic E-state index is -6.09. The van der Waals surface area contributed by atoms with Crippen molar-refractivity contribution in [2.24, 2.45) is 0 Å². The van der Waals surface area contributed by atoms with Gasteiger partial charge in [0.2, 0.25) is 0 Å². The molecule has 31 heavy (non-hydrogen) atoms. The van der Waals surface area contributed by atoms with E-state index in [1.807, 2.05) is 0 Å². The standard InChI is InChI=1S/C8H6S.2CHF3O3S.5H3N.Os/c1-2-4-8-7(3-1)5-6-9-8;2*2-1(3,4)8(5,6)7;;;;;;/h1-6H;2*(H,5,6,7);5*1H3;/q;;;;;;;;+2/p-2. The summed E-state index contributed by atoms with van der Waals surface area (Å²) in [7, 11) is -12.2. The largest absolute Gasteiger partial charge is 2.00 e. The van der Waals surface area contributed by atoms with E-state index in [-0.39, 0.29) is 50.5 Å². The van der Waals surface area contributed by atoms with Crippen LogP contribution >= 0.6 is 11.3 Å². The topological polar surface area (TPSA) is 289 Å². The van der Waals surface area contributed by atoms with Crippen molar-refractivity contribution in [2.75, 3.05) is 0 Å². The van der Waals surface area contributed by atoms with E-state index in [4.69, 9.17) is 25.9 Å². The fraction of sp³-hybridized carbons (Fsp3) is 0.200. The molecule has 190 valence electrons. The van der Waals surface area contributed by atoms with Crippen molar-refractivity contribution < 1.29 is 72.1 Å². The molecule has 0 fully saturated rings. The molecule has 0 aliphatic carbocycles. The SMILES string of the molecule is N.N.N.N.N.O=S(=O)([O-])C(F)(F)F.O=S(=O)([O-])C(F)(F)F.[Os+2].c1ccc2sccc2c1. The molecular weight excluding hydrogens is 687 g/mol. The summed E-state index contributed by atoms with van der Waals surface area (Å²) >= 11 is 1.79. The van der Waals surface area contributed by atoms with Crippen molar-refractivity contribution in [2.45, 2.75) is 11.0 Å². The molecule has 2 rings (SSSR count). The number of hydrogen-bond donors (Lipinski definition) is 5. The van der Waals surface area contributed by atoms with E-state index in [9.17, 15) is 26.3 Å². The quantitative estimate of drug-likeness (QED) is 0.149. The van der Waals surface area contributed by atoms with E-state index in [1.165, 1.54) is 10.1 Å². The van der Waals surface area contributed by atoms with Gasteiger partial charge in [-0.25, -0.2) is 16.8 Å². The summed E-state index contributed by atoms with van der Waals surface area (Å²) in [6, 6.07) is 10.5. The molecule has 0 saturated carbocycles. The van der Waals surface area contributed by atoms with Gasteiger partial charge in [0.05, 0.1) is 0 Å². The molecule has 0 amide bonds. The fourth-order valence-corrected chi connectivity index (χ4v) is 1.70. The van der Waals surface area contributed by atoms with Gasteiger partial charge >= 0.3 is 30.8 Å². The van der Waals surface area contributed by atoms with Crippen molar-refractivity contribution in [3.63, 3.8) is 0 Å². The van der Waals surface area contributed by atoms with Gasteiger partial charge in [0.15, 0.2) is 20.2 Å². The first kappa shape index (κ1) is 47.7. The van der Waals surface area contributed by atoms with Crippen LogP contribution in [-0.4, -0.2) is 37.0 Å². The summed E-state index contributed by atoms with van der Waals surface area (Å²) in [6.07, 6.45) is 0. The number of halogens is 6. The van der Waals surface area contributed by atoms with Crippen molar-refractivity contribution >= 4 is 41.7 Å². The maximum Gasteiger partial charge on any atom is 2.00 e. The zero-order chi connectivity index (χ0) is 20.1. The molecule has 11 nitrogen and oxygen atoms in total. The van der Waals surface area contributed by atoms with Gasteiger partial charge in [0, 0.05) is 4.70 Å². The summed E-state index contributed by atoms with van der Waals surface area (Å²) in [4.78, 5) is 0. The number of thiophene rings is 1. The Kier molecular flexibility index (Phi) is 27.0. The van der Waals surface area contributed by atoms with Gasteiger partial charge in [-0.15, -0.1) is 11.3 Å². The Balaban J connectivity index is -0.0000000510. The third-order valence-electron chi connectivity index (χ3n) is 1.93. The minimum Gasteiger partial charge on any atom is -0.741 e. The van der Waals surface area contributed by atoms with Crippen LogP contribution in [0.1, 0.15) is 0 Å². The number of alkyl halides is 6. The predicted octanol–water partition coefficient (Wildman–Crippen LogP) is 3.81. The second-order valence-electron chi connectivity index (χ2n) is 3.76. The van der Waals surface area contributed by atoms with Gasteiger partial charge in [0.1, 0.15) is 0 Å². The molecule has 0 atom stereocenters. The van der Waals surface area contributed by atoms with Gasteiger partial charge in [-0.05, 0) is 22.9 Å². The van der Waals surface area contributed by atoms with Gasteiger partial charge in [-0.1, -0.05) is 18.2 Å². The Morgan fingerprint density at radius 2 is 0.968 bits per heavy atom. The number of hydrogen-bond acceptors (Lipinski definition) is 12. The molecule has 0 saturated heterocycles. The molecule has 0 unspecified atom stereocenters. The zero-order valence-corrected chi connectivity index (χ0v) is 20.3. The molecule has 1 heterocycles. The van der Waals surface area contributed by atoms with E-state index in [1.54, 1.807) is 11.3 Å². The van der Waals surface area contributed by atoms with Crippen LogP contribution in [0.25, 0.3) is 10.1 Å². The summed E-state index contributed by atoms with van der Waals surface area (Å²) in [5.41, 5.74) is -11.3. The molecule has 1 aromatic carbocycles. The zero-order valence-electron chi connectivity index (χ0n) is 15.3. The van der Waals surface area contributed by atoms with Crippen LogP contribution in [-0.2, 0) is 40.0 Å². The van der Waals surface area contributed by atoms with Gasteiger partial charge in [0.25, 0.3) is 0 Å². The Morgan fingerprint density at radius 1 is 0.677 bits per heavy atom. The molecule has 15 N–H and O–H groups in total. The number of benzene rings is 1. The third kappa shape index (κ3) is 18.3. The first-order valence-electron chi connectivity index (χ1n) is 5.43. The second-order valence-corrected chi connectivity index (χ2v) is 7.45. The van der Waals surface area contributed by atoms with Crippen molar-refractivity contribution in [1.82, 2.24) is 30.8 Å². The second kappa shape index (κ2) is 17.6. The first-order valence-corrected chi connectivity index (χ1v) is 9.13. The maximum atomic E-state index is 10.7. The Labute approximate surface area is 191 Å². The van der Waals surface area contributed by atoms with Crippen molar-refractivity contribution in [3.8, 4) is 0 Å². The Hall–Kier alpha value is -0.984. The van der Waals surface area contributed by atoms with E-state index >= 15 is 0 Å². The van der Waals surface area contributed by atoms with Crippen molar-refractivity contribution in [1.29, 1.82) is 0 Å². The van der Waals surface area contributed by atoms with E-state index < -0.39 is 31.3 Å². The van der Waals surface area contributed by atoms with Crippen LogP contribution in [0, 0.1) is 0 Å². The van der Waals surface area contributed by atoms with E-state index in [2.05, 4.69) is 35.7 Å². The van der Waals surface area contributed by atoms with Crippen LogP contribution in [0.4, 0.5) is 26.3 Å². The molecule has 0 aliphatic heterocycles. The van der Waals surface area contributed by atoms with Gasteiger partial charge < -0.3 is 39.9 Å². The normalized spacial score (nSPS) is 10.2. The number of fused-ring (bicyclic) bond motifs is 1. The van der Waals surface area contributed by atoms with Crippen LogP contribution in [0.5, 0.6) is 0 Å². The maximum absolute atomic E-state index is 10.7. The molecule has 1 aromatic heterocycles. The molecule has 0 spiro atoms. The van der Waals surface area contributed by atoms with E-state index in [0.29, 0.717) is 0 Å². The smallest absolute Gasteiger partial charge is 0.741 e. The molecule has 0 bridgehead atoms. The Morgan fingerprint density at radius 3 is 1.23 bits per heavy atom. The predicted molar refractivity (Wildman–Crippen MR) is 98.4 cm³/mol.